The van der Waals surface area contributed by atoms with E-state index >= 15 is 0 Å². The zero-order valence-corrected chi connectivity index (χ0v) is 9.04. The fraction of sp³-hybridized carbons (Fsp3) is 0.727. The molecule has 84 valence electrons. The van der Waals surface area contributed by atoms with Crippen molar-refractivity contribution in [3.63, 3.8) is 0 Å². The van der Waals surface area contributed by atoms with Crippen LogP contribution in [-0.4, -0.2) is 11.5 Å². The minimum atomic E-state index is 0.317. The SMILES string of the molecule is NCCC1CCCc2oc(N)nc2CC1. The second-order valence-corrected chi connectivity index (χ2v) is 4.30. The van der Waals surface area contributed by atoms with Gasteiger partial charge in [-0.15, -0.1) is 0 Å². The van der Waals surface area contributed by atoms with Gasteiger partial charge in [0.15, 0.2) is 0 Å². The van der Waals surface area contributed by atoms with Crippen LogP contribution in [0.15, 0.2) is 4.42 Å². The zero-order chi connectivity index (χ0) is 10.7. The lowest BCUT2D eigenvalue weighted by Gasteiger charge is -2.17. The molecule has 0 aromatic carbocycles. The van der Waals surface area contributed by atoms with Gasteiger partial charge in [-0.1, -0.05) is 0 Å². The van der Waals surface area contributed by atoms with Crippen LogP contribution in [0.2, 0.25) is 0 Å². The molecule has 0 amide bonds. The van der Waals surface area contributed by atoms with Crippen molar-refractivity contribution < 1.29 is 4.42 Å². The third kappa shape index (κ3) is 2.50. The Kier molecular flexibility index (Phi) is 3.26. The van der Waals surface area contributed by atoms with Gasteiger partial charge >= 0.3 is 0 Å². The summed E-state index contributed by atoms with van der Waals surface area (Å²) in [6.45, 7) is 0.790. The third-order valence-electron chi connectivity index (χ3n) is 3.18. The number of anilines is 1. The van der Waals surface area contributed by atoms with E-state index in [2.05, 4.69) is 4.98 Å². The second-order valence-electron chi connectivity index (χ2n) is 4.30. The van der Waals surface area contributed by atoms with Gasteiger partial charge in [-0.2, -0.15) is 4.98 Å². The van der Waals surface area contributed by atoms with Crippen LogP contribution in [0.3, 0.4) is 0 Å². The topological polar surface area (TPSA) is 78.1 Å². The molecule has 0 bridgehead atoms. The summed E-state index contributed by atoms with van der Waals surface area (Å²) >= 11 is 0. The molecule has 0 saturated heterocycles. The molecule has 0 fully saturated rings. The maximum atomic E-state index is 5.59. The molecule has 0 spiro atoms. The molecule has 1 unspecified atom stereocenters. The molecular weight excluding hydrogens is 190 g/mol. The molecule has 1 aromatic heterocycles. The van der Waals surface area contributed by atoms with Gasteiger partial charge in [0.25, 0.3) is 6.01 Å². The lowest BCUT2D eigenvalue weighted by Crippen LogP contribution is -2.12. The van der Waals surface area contributed by atoms with E-state index in [1.807, 2.05) is 0 Å². The van der Waals surface area contributed by atoms with Gasteiger partial charge in [-0.25, -0.2) is 0 Å². The number of aryl methyl sites for hydroxylation is 2. The van der Waals surface area contributed by atoms with Crippen LogP contribution >= 0.6 is 0 Å². The first-order valence-electron chi connectivity index (χ1n) is 5.73. The molecule has 1 heterocycles. The van der Waals surface area contributed by atoms with Crippen molar-refractivity contribution in [2.75, 3.05) is 12.3 Å². The Bertz CT molecular complexity index is 322. The summed E-state index contributed by atoms with van der Waals surface area (Å²) in [6, 6.07) is 0.317. The Hall–Kier alpha value is -1.03. The standard InChI is InChI=1S/C11H19N3O/c12-7-6-8-2-1-3-10-9(5-4-8)14-11(13)15-10/h8H,1-7,12H2,(H2,13,14). The van der Waals surface area contributed by atoms with Gasteiger partial charge in [-0.05, 0) is 44.6 Å². The summed E-state index contributed by atoms with van der Waals surface area (Å²) in [7, 11) is 0. The summed E-state index contributed by atoms with van der Waals surface area (Å²) in [6.07, 6.45) is 6.66. The van der Waals surface area contributed by atoms with E-state index in [1.54, 1.807) is 0 Å². The van der Waals surface area contributed by atoms with E-state index < -0.39 is 0 Å². The normalized spacial score (nSPS) is 21.8. The smallest absolute Gasteiger partial charge is 0.292 e. The van der Waals surface area contributed by atoms with E-state index in [0.717, 1.165) is 56.0 Å². The molecule has 0 saturated carbocycles. The van der Waals surface area contributed by atoms with E-state index in [4.69, 9.17) is 15.9 Å². The average Bonchev–Trinajstić information content (AvgIpc) is 2.52. The highest BCUT2D eigenvalue weighted by molar-refractivity contribution is 5.20. The van der Waals surface area contributed by atoms with Crippen LogP contribution in [0, 0.1) is 5.92 Å². The van der Waals surface area contributed by atoms with Gasteiger partial charge < -0.3 is 15.9 Å². The minimum Gasteiger partial charge on any atom is -0.429 e. The molecular formula is C11H19N3O. The molecule has 4 heteroatoms. The van der Waals surface area contributed by atoms with Gasteiger partial charge in [-0.3, -0.25) is 0 Å². The molecule has 2 rings (SSSR count). The Morgan fingerprint density at radius 3 is 3.00 bits per heavy atom. The maximum absolute atomic E-state index is 5.59. The van der Waals surface area contributed by atoms with E-state index in [1.165, 1.54) is 6.42 Å². The van der Waals surface area contributed by atoms with E-state index in [-0.39, 0.29) is 0 Å². The Labute approximate surface area is 90.0 Å². The number of nitrogens with zero attached hydrogens (tertiary/aromatic N) is 1. The largest absolute Gasteiger partial charge is 0.429 e. The lowest BCUT2D eigenvalue weighted by molar-refractivity contribution is 0.388. The first-order chi connectivity index (χ1) is 7.29. The van der Waals surface area contributed by atoms with E-state index in [0.29, 0.717) is 6.01 Å². The summed E-state index contributed by atoms with van der Waals surface area (Å²) in [4.78, 5) is 4.23. The second kappa shape index (κ2) is 4.66. The summed E-state index contributed by atoms with van der Waals surface area (Å²) in [5.74, 6) is 1.75. The van der Waals surface area contributed by atoms with Crippen molar-refractivity contribution in [1.29, 1.82) is 0 Å². The van der Waals surface area contributed by atoms with Crippen molar-refractivity contribution in [3.05, 3.63) is 11.5 Å². The Morgan fingerprint density at radius 1 is 1.33 bits per heavy atom. The quantitative estimate of drug-likeness (QED) is 0.773. The monoisotopic (exact) mass is 209 g/mol. The molecule has 1 atom stereocenters. The predicted molar refractivity (Wildman–Crippen MR) is 59.3 cm³/mol. The highest BCUT2D eigenvalue weighted by Crippen LogP contribution is 2.26. The summed E-state index contributed by atoms with van der Waals surface area (Å²) < 4.78 is 5.38. The predicted octanol–water partition coefficient (Wildman–Crippen LogP) is 1.49. The van der Waals surface area contributed by atoms with E-state index in [9.17, 15) is 0 Å². The number of oxazole rings is 1. The zero-order valence-electron chi connectivity index (χ0n) is 9.04. The van der Waals surface area contributed by atoms with Crippen LogP contribution in [0.1, 0.15) is 37.1 Å². The first-order valence-corrected chi connectivity index (χ1v) is 5.73. The van der Waals surface area contributed by atoms with Crippen molar-refractivity contribution >= 4 is 6.01 Å². The number of nitrogens with two attached hydrogens (primary N) is 2. The Morgan fingerprint density at radius 2 is 2.20 bits per heavy atom. The number of nitrogen functional groups attached to an aromatic ring is 1. The van der Waals surface area contributed by atoms with Crippen LogP contribution < -0.4 is 11.5 Å². The van der Waals surface area contributed by atoms with Crippen molar-refractivity contribution in [1.82, 2.24) is 4.98 Å². The average molecular weight is 209 g/mol. The molecule has 1 aliphatic rings. The summed E-state index contributed by atoms with van der Waals surface area (Å²) in [5, 5.41) is 0. The van der Waals surface area contributed by atoms with Gasteiger partial charge in [0.05, 0.1) is 5.69 Å². The molecule has 15 heavy (non-hydrogen) atoms. The highest BCUT2D eigenvalue weighted by Gasteiger charge is 2.18. The van der Waals surface area contributed by atoms with Gasteiger partial charge in [0, 0.05) is 6.42 Å². The number of hydrogen-bond acceptors (Lipinski definition) is 4. The van der Waals surface area contributed by atoms with Crippen molar-refractivity contribution in [3.8, 4) is 0 Å². The fourth-order valence-corrected chi connectivity index (χ4v) is 2.35. The maximum Gasteiger partial charge on any atom is 0.292 e. The van der Waals surface area contributed by atoms with Crippen LogP contribution in [-0.2, 0) is 12.8 Å². The number of fused-ring (bicyclic) bond motifs is 1. The minimum absolute atomic E-state index is 0.317. The molecule has 1 aliphatic carbocycles. The molecule has 4 nitrogen and oxygen atoms in total. The third-order valence-corrected chi connectivity index (χ3v) is 3.18. The van der Waals surface area contributed by atoms with Gasteiger partial charge in [0.2, 0.25) is 0 Å². The van der Waals surface area contributed by atoms with Gasteiger partial charge in [0.1, 0.15) is 5.76 Å². The molecule has 0 aliphatic heterocycles. The van der Waals surface area contributed by atoms with Crippen LogP contribution in [0.4, 0.5) is 6.01 Å². The highest BCUT2D eigenvalue weighted by atomic mass is 16.4. The van der Waals surface area contributed by atoms with Crippen LogP contribution in [0.5, 0.6) is 0 Å². The summed E-state index contributed by atoms with van der Waals surface area (Å²) in [5.41, 5.74) is 12.2. The molecule has 1 aromatic rings. The van der Waals surface area contributed by atoms with Crippen LogP contribution in [0.25, 0.3) is 0 Å². The first kappa shape index (κ1) is 10.5. The number of aromatic nitrogens is 1. The van der Waals surface area contributed by atoms with Crippen molar-refractivity contribution in [2.45, 2.75) is 38.5 Å². The fourth-order valence-electron chi connectivity index (χ4n) is 2.35. The molecule has 0 radical (unpaired) electrons. The number of rotatable bonds is 2. The van der Waals surface area contributed by atoms with Crippen molar-refractivity contribution in [2.24, 2.45) is 11.7 Å². The molecule has 4 N–H and O–H groups in total. The number of hydrogen-bond donors (Lipinski definition) is 2. The Balaban J connectivity index is 2.04. The lowest BCUT2D eigenvalue weighted by atomic mass is 9.89.